The number of hydrogen-bond acceptors (Lipinski definition) is 4. The van der Waals surface area contributed by atoms with Gasteiger partial charge < -0.3 is 15.1 Å². The summed E-state index contributed by atoms with van der Waals surface area (Å²) in [5.74, 6) is 1.15. The predicted octanol–water partition coefficient (Wildman–Crippen LogP) is 2.63. The molecule has 0 bridgehead atoms. The summed E-state index contributed by atoms with van der Waals surface area (Å²) in [5.41, 5.74) is 1.35. The topological polar surface area (TPSA) is 31.4 Å². The van der Waals surface area contributed by atoms with Crippen LogP contribution in [0.1, 0.15) is 19.3 Å². The molecule has 1 N–H and O–H groups in total. The number of aromatic nitrogens is 1. The van der Waals surface area contributed by atoms with Gasteiger partial charge in [0.25, 0.3) is 0 Å². The van der Waals surface area contributed by atoms with E-state index in [-0.39, 0.29) is 0 Å². The number of rotatable bonds is 2. The summed E-state index contributed by atoms with van der Waals surface area (Å²) in [4.78, 5) is 9.66. The number of nitrogens with one attached hydrogen (secondary N) is 1. The first kappa shape index (κ1) is 13.8. The highest BCUT2D eigenvalue weighted by atomic mass is 15.2. The quantitative estimate of drug-likeness (QED) is 0.923. The van der Waals surface area contributed by atoms with Gasteiger partial charge in [-0.2, -0.15) is 0 Å². The van der Waals surface area contributed by atoms with Gasteiger partial charge in [0, 0.05) is 50.0 Å². The SMILES string of the molecule is c1cc2ccc(N3CCCC3)cc2c(N2CCCNCC2)n1. The van der Waals surface area contributed by atoms with Crippen LogP contribution >= 0.6 is 0 Å². The lowest BCUT2D eigenvalue weighted by Gasteiger charge is -2.24. The van der Waals surface area contributed by atoms with Crippen molar-refractivity contribution in [3.05, 3.63) is 30.5 Å². The van der Waals surface area contributed by atoms with Gasteiger partial charge in [-0.25, -0.2) is 4.98 Å². The lowest BCUT2D eigenvalue weighted by Crippen LogP contribution is -2.28. The molecule has 22 heavy (non-hydrogen) atoms. The average molecular weight is 296 g/mol. The van der Waals surface area contributed by atoms with Crippen LogP contribution in [-0.2, 0) is 0 Å². The van der Waals surface area contributed by atoms with E-state index in [2.05, 4.69) is 39.4 Å². The Morgan fingerprint density at radius 3 is 2.64 bits per heavy atom. The molecule has 2 fully saturated rings. The second-order valence-electron chi connectivity index (χ2n) is 6.32. The Labute approximate surface area is 132 Å². The molecule has 2 aliphatic heterocycles. The highest BCUT2D eigenvalue weighted by Gasteiger charge is 2.16. The molecule has 0 atom stereocenters. The van der Waals surface area contributed by atoms with Crippen molar-refractivity contribution < 1.29 is 0 Å². The van der Waals surface area contributed by atoms with Gasteiger partial charge in [0.1, 0.15) is 5.82 Å². The lowest BCUT2D eigenvalue weighted by molar-refractivity contribution is 0.724. The molecule has 2 aromatic rings. The number of fused-ring (bicyclic) bond motifs is 1. The molecule has 0 spiro atoms. The minimum atomic E-state index is 1.04. The third-order valence-corrected chi connectivity index (χ3v) is 4.84. The van der Waals surface area contributed by atoms with Gasteiger partial charge in [-0.15, -0.1) is 0 Å². The number of nitrogens with zero attached hydrogens (tertiary/aromatic N) is 3. The summed E-state index contributed by atoms with van der Waals surface area (Å²) in [6.07, 6.45) is 5.76. The standard InChI is InChI=1S/C18H24N4/c1-2-11-21(10-1)16-5-4-15-6-8-20-18(17(15)14-16)22-12-3-7-19-9-13-22/h4-6,8,14,19H,1-3,7,9-13H2. The molecule has 2 aliphatic rings. The zero-order chi connectivity index (χ0) is 14.8. The van der Waals surface area contributed by atoms with E-state index in [4.69, 9.17) is 4.98 Å². The fourth-order valence-electron chi connectivity index (χ4n) is 3.62. The van der Waals surface area contributed by atoms with Crippen LogP contribution in [0.5, 0.6) is 0 Å². The monoisotopic (exact) mass is 296 g/mol. The summed E-state index contributed by atoms with van der Waals surface area (Å²) in [5, 5.41) is 6.07. The Balaban J connectivity index is 1.74. The van der Waals surface area contributed by atoms with Gasteiger partial charge in [-0.1, -0.05) is 6.07 Å². The Hall–Kier alpha value is -1.81. The summed E-state index contributed by atoms with van der Waals surface area (Å²) in [6.45, 7) is 6.67. The minimum Gasteiger partial charge on any atom is -0.372 e. The van der Waals surface area contributed by atoms with Crippen LogP contribution in [0.25, 0.3) is 10.8 Å². The minimum absolute atomic E-state index is 1.04. The van der Waals surface area contributed by atoms with Crippen molar-refractivity contribution in [2.75, 3.05) is 49.1 Å². The second kappa shape index (κ2) is 6.13. The summed E-state index contributed by atoms with van der Waals surface area (Å²) >= 11 is 0. The Morgan fingerprint density at radius 2 is 1.73 bits per heavy atom. The molecule has 0 unspecified atom stereocenters. The van der Waals surface area contributed by atoms with Gasteiger partial charge in [-0.3, -0.25) is 0 Å². The van der Waals surface area contributed by atoms with Crippen molar-refractivity contribution >= 4 is 22.3 Å². The van der Waals surface area contributed by atoms with Gasteiger partial charge >= 0.3 is 0 Å². The molecule has 4 heteroatoms. The first-order valence-electron chi connectivity index (χ1n) is 8.51. The van der Waals surface area contributed by atoms with Crippen molar-refractivity contribution in [3.63, 3.8) is 0 Å². The number of hydrogen-bond donors (Lipinski definition) is 1. The van der Waals surface area contributed by atoms with E-state index >= 15 is 0 Å². The van der Waals surface area contributed by atoms with Crippen molar-refractivity contribution in [1.29, 1.82) is 0 Å². The van der Waals surface area contributed by atoms with E-state index in [0.29, 0.717) is 0 Å². The average Bonchev–Trinajstić information content (AvgIpc) is 2.97. The highest BCUT2D eigenvalue weighted by molar-refractivity contribution is 5.94. The summed E-state index contributed by atoms with van der Waals surface area (Å²) in [7, 11) is 0. The maximum absolute atomic E-state index is 4.72. The summed E-state index contributed by atoms with van der Waals surface area (Å²) in [6, 6.07) is 9.00. The van der Waals surface area contributed by atoms with Crippen molar-refractivity contribution in [1.82, 2.24) is 10.3 Å². The van der Waals surface area contributed by atoms with E-state index in [9.17, 15) is 0 Å². The largest absolute Gasteiger partial charge is 0.372 e. The van der Waals surface area contributed by atoms with Crippen LogP contribution in [0.4, 0.5) is 11.5 Å². The van der Waals surface area contributed by atoms with E-state index in [0.717, 1.165) is 32.0 Å². The third-order valence-electron chi connectivity index (χ3n) is 4.84. The fourth-order valence-corrected chi connectivity index (χ4v) is 3.62. The van der Waals surface area contributed by atoms with Crippen LogP contribution in [0.15, 0.2) is 30.5 Å². The highest BCUT2D eigenvalue weighted by Crippen LogP contribution is 2.30. The van der Waals surface area contributed by atoms with E-state index in [1.165, 1.54) is 48.8 Å². The molecule has 4 rings (SSSR count). The Morgan fingerprint density at radius 1 is 0.864 bits per heavy atom. The van der Waals surface area contributed by atoms with Crippen LogP contribution in [-0.4, -0.2) is 44.3 Å². The van der Waals surface area contributed by atoms with Gasteiger partial charge in [-0.05, 0) is 49.4 Å². The lowest BCUT2D eigenvalue weighted by atomic mass is 10.1. The number of benzene rings is 1. The molecule has 0 aliphatic carbocycles. The number of anilines is 2. The maximum atomic E-state index is 4.72. The van der Waals surface area contributed by atoms with Crippen LogP contribution < -0.4 is 15.1 Å². The molecule has 2 saturated heterocycles. The summed E-state index contributed by atoms with van der Waals surface area (Å²) < 4.78 is 0. The maximum Gasteiger partial charge on any atom is 0.136 e. The zero-order valence-corrected chi connectivity index (χ0v) is 13.1. The fraction of sp³-hybridized carbons (Fsp3) is 0.500. The molecular formula is C18H24N4. The zero-order valence-electron chi connectivity index (χ0n) is 13.1. The van der Waals surface area contributed by atoms with Gasteiger partial charge in [0.05, 0.1) is 0 Å². The van der Waals surface area contributed by atoms with Crippen LogP contribution in [0.2, 0.25) is 0 Å². The Bertz CT molecular complexity index is 641. The van der Waals surface area contributed by atoms with E-state index < -0.39 is 0 Å². The first-order chi connectivity index (χ1) is 10.9. The molecule has 1 aromatic heterocycles. The third kappa shape index (κ3) is 2.63. The van der Waals surface area contributed by atoms with Crippen LogP contribution in [0.3, 0.4) is 0 Å². The number of pyridine rings is 1. The molecule has 0 radical (unpaired) electrons. The Kier molecular flexibility index (Phi) is 3.85. The second-order valence-corrected chi connectivity index (χ2v) is 6.32. The van der Waals surface area contributed by atoms with Crippen molar-refractivity contribution in [2.45, 2.75) is 19.3 Å². The predicted molar refractivity (Wildman–Crippen MR) is 92.9 cm³/mol. The van der Waals surface area contributed by atoms with Crippen molar-refractivity contribution in [3.8, 4) is 0 Å². The molecule has 116 valence electrons. The van der Waals surface area contributed by atoms with E-state index in [1.54, 1.807) is 0 Å². The van der Waals surface area contributed by atoms with Gasteiger partial charge in [0.2, 0.25) is 0 Å². The van der Waals surface area contributed by atoms with Gasteiger partial charge in [0.15, 0.2) is 0 Å². The van der Waals surface area contributed by atoms with Crippen LogP contribution in [0, 0.1) is 0 Å². The molecule has 1 aromatic carbocycles. The normalized spacial score (nSPS) is 19.6. The van der Waals surface area contributed by atoms with Crippen molar-refractivity contribution in [2.24, 2.45) is 0 Å². The molecule has 0 saturated carbocycles. The first-order valence-corrected chi connectivity index (χ1v) is 8.51. The van der Waals surface area contributed by atoms with E-state index in [1.807, 2.05) is 6.20 Å². The molecule has 4 nitrogen and oxygen atoms in total. The smallest absolute Gasteiger partial charge is 0.136 e. The molecule has 3 heterocycles. The molecular weight excluding hydrogens is 272 g/mol. The molecule has 0 amide bonds.